The van der Waals surface area contributed by atoms with Gasteiger partial charge in [0, 0.05) is 35.1 Å². The van der Waals surface area contributed by atoms with Crippen molar-refractivity contribution >= 4 is 40.0 Å². The summed E-state index contributed by atoms with van der Waals surface area (Å²) in [5.41, 5.74) is 1.16. The molecule has 1 aliphatic carbocycles. The van der Waals surface area contributed by atoms with Crippen LogP contribution in [0.1, 0.15) is 36.2 Å². The van der Waals surface area contributed by atoms with Gasteiger partial charge in [-0.15, -0.1) is 0 Å². The predicted octanol–water partition coefficient (Wildman–Crippen LogP) is 5.39. The van der Waals surface area contributed by atoms with Crippen LogP contribution in [-0.2, 0) is 0 Å². The summed E-state index contributed by atoms with van der Waals surface area (Å²) in [7, 11) is 0. The summed E-state index contributed by atoms with van der Waals surface area (Å²) < 4.78 is 19.0. The molecule has 0 unspecified atom stereocenters. The van der Waals surface area contributed by atoms with Crippen LogP contribution in [0.2, 0.25) is 10.0 Å². The van der Waals surface area contributed by atoms with Crippen LogP contribution >= 0.6 is 23.2 Å². The molecular weight excluding hydrogens is 452 g/mol. The number of ether oxygens (including phenoxy) is 1. The van der Waals surface area contributed by atoms with Crippen molar-refractivity contribution in [2.24, 2.45) is 0 Å². The molecule has 0 spiro atoms. The summed E-state index contributed by atoms with van der Waals surface area (Å²) >= 11 is 11.7. The van der Waals surface area contributed by atoms with Gasteiger partial charge >= 0.3 is 0 Å². The molecule has 1 aromatic heterocycles. The number of carbonyl (C=O) groups excluding carboxylic acids is 1. The lowest BCUT2D eigenvalue weighted by molar-refractivity contribution is 0.0919. The van der Waals surface area contributed by atoms with Crippen molar-refractivity contribution in [2.45, 2.75) is 37.8 Å². The molecule has 8 heteroatoms. The van der Waals surface area contributed by atoms with Gasteiger partial charge in [0.05, 0.1) is 10.5 Å². The van der Waals surface area contributed by atoms with Gasteiger partial charge in [0.2, 0.25) is 0 Å². The van der Waals surface area contributed by atoms with Crippen molar-refractivity contribution in [3.05, 3.63) is 70.1 Å². The van der Waals surface area contributed by atoms with Crippen molar-refractivity contribution in [2.75, 3.05) is 13.2 Å². The highest BCUT2D eigenvalue weighted by Crippen LogP contribution is 2.22. The van der Waals surface area contributed by atoms with E-state index in [1.54, 1.807) is 18.2 Å². The maximum atomic E-state index is 13.4. The van der Waals surface area contributed by atoms with Crippen LogP contribution in [0.25, 0.3) is 10.9 Å². The molecule has 1 saturated carbocycles. The summed E-state index contributed by atoms with van der Waals surface area (Å²) in [5.74, 6) is -0.173. The maximum absolute atomic E-state index is 13.4. The van der Waals surface area contributed by atoms with Gasteiger partial charge in [0.15, 0.2) is 0 Å². The third-order valence-corrected chi connectivity index (χ3v) is 6.18. The molecule has 0 saturated heterocycles. The number of nitrogens with zero attached hydrogens (tertiary/aromatic N) is 1. The minimum absolute atomic E-state index is 0.0839. The summed E-state index contributed by atoms with van der Waals surface area (Å²) in [4.78, 5) is 17.1. The first-order valence-electron chi connectivity index (χ1n) is 10.7. The largest absolute Gasteiger partial charge is 0.492 e. The Kier molecular flexibility index (Phi) is 7.45. The van der Waals surface area contributed by atoms with E-state index in [0.29, 0.717) is 35.7 Å². The van der Waals surface area contributed by atoms with Crippen LogP contribution in [0.5, 0.6) is 5.75 Å². The van der Waals surface area contributed by atoms with Gasteiger partial charge in [-0.2, -0.15) is 0 Å². The molecule has 0 radical (unpaired) electrons. The fourth-order valence-corrected chi connectivity index (χ4v) is 4.22. The summed E-state index contributed by atoms with van der Waals surface area (Å²) in [5, 5.41) is 8.21. The number of carbonyl (C=O) groups is 1. The van der Waals surface area contributed by atoms with Gasteiger partial charge in [-0.25, -0.2) is 9.37 Å². The van der Waals surface area contributed by atoms with Crippen LogP contribution < -0.4 is 15.4 Å². The van der Waals surface area contributed by atoms with Crippen molar-refractivity contribution in [1.29, 1.82) is 0 Å². The minimum Gasteiger partial charge on any atom is -0.492 e. The van der Waals surface area contributed by atoms with E-state index >= 15 is 0 Å². The number of hydrogen-bond donors (Lipinski definition) is 2. The predicted molar refractivity (Wildman–Crippen MR) is 125 cm³/mol. The standard InChI is InChI=1S/C24H24Cl2FN3O2/c25-16-2-10-22-15(13-16)1-9-23(30-22)24(31)29-18-5-3-17(4-6-18)28-11-12-32-19-7-8-20(26)21(27)14-19/h1-2,7-10,13-14,17-18,28H,3-6,11-12H2,(H,29,31)/t17-,18-. The first-order chi connectivity index (χ1) is 15.5. The topological polar surface area (TPSA) is 63.2 Å². The molecule has 1 amide bonds. The Balaban J connectivity index is 1.19. The van der Waals surface area contributed by atoms with Gasteiger partial charge in [0.25, 0.3) is 5.91 Å². The number of aromatic nitrogens is 1. The molecule has 2 aromatic carbocycles. The second kappa shape index (κ2) is 10.5. The molecular formula is C24H24Cl2FN3O2. The van der Waals surface area contributed by atoms with Crippen LogP contribution in [0.4, 0.5) is 4.39 Å². The lowest BCUT2D eigenvalue weighted by Crippen LogP contribution is -2.43. The molecule has 3 aromatic rings. The summed E-state index contributed by atoms with van der Waals surface area (Å²) in [6.45, 7) is 1.10. The molecule has 168 valence electrons. The number of rotatable bonds is 7. The van der Waals surface area contributed by atoms with Crippen molar-refractivity contribution in [3.8, 4) is 5.75 Å². The molecule has 4 rings (SSSR count). The fourth-order valence-electron chi connectivity index (χ4n) is 3.92. The van der Waals surface area contributed by atoms with E-state index in [2.05, 4.69) is 15.6 Å². The third kappa shape index (κ3) is 5.88. The second-order valence-electron chi connectivity index (χ2n) is 7.93. The highest BCUT2D eigenvalue weighted by Gasteiger charge is 2.23. The van der Waals surface area contributed by atoms with Gasteiger partial charge in [0.1, 0.15) is 23.9 Å². The SMILES string of the molecule is O=C(N[C@H]1CC[C@H](NCCOc2ccc(Cl)c(F)c2)CC1)c1ccc2cc(Cl)ccc2n1. The Morgan fingerprint density at radius 3 is 2.59 bits per heavy atom. The van der Waals surface area contributed by atoms with Gasteiger partial charge in [-0.3, -0.25) is 4.79 Å². The van der Waals surface area contributed by atoms with Crippen molar-refractivity contribution < 1.29 is 13.9 Å². The molecule has 32 heavy (non-hydrogen) atoms. The van der Waals surface area contributed by atoms with Crippen LogP contribution in [0.3, 0.4) is 0 Å². The first-order valence-corrected chi connectivity index (χ1v) is 11.4. The van der Waals surface area contributed by atoms with E-state index in [-0.39, 0.29) is 17.0 Å². The average Bonchev–Trinajstić information content (AvgIpc) is 2.79. The fraction of sp³-hybridized carbons (Fsp3) is 0.333. The van der Waals surface area contributed by atoms with Gasteiger partial charge in [-0.05, 0) is 62.1 Å². The zero-order valence-corrected chi connectivity index (χ0v) is 18.9. The minimum atomic E-state index is -0.485. The quantitative estimate of drug-likeness (QED) is 0.449. The lowest BCUT2D eigenvalue weighted by Gasteiger charge is -2.29. The summed E-state index contributed by atoms with van der Waals surface area (Å²) in [6.07, 6.45) is 3.72. The zero-order valence-electron chi connectivity index (χ0n) is 17.4. The van der Waals surface area contributed by atoms with E-state index < -0.39 is 5.82 Å². The monoisotopic (exact) mass is 475 g/mol. The number of amides is 1. The molecule has 5 nitrogen and oxygen atoms in total. The third-order valence-electron chi connectivity index (χ3n) is 5.64. The number of halogens is 3. The molecule has 1 fully saturated rings. The Bertz CT molecular complexity index is 1100. The number of hydrogen-bond acceptors (Lipinski definition) is 4. The molecule has 0 atom stereocenters. The Hall–Kier alpha value is -2.41. The Morgan fingerprint density at radius 2 is 1.81 bits per heavy atom. The van der Waals surface area contributed by atoms with E-state index in [4.69, 9.17) is 27.9 Å². The first kappa shape index (κ1) is 22.8. The highest BCUT2D eigenvalue weighted by molar-refractivity contribution is 6.31. The van der Waals surface area contributed by atoms with Crippen molar-refractivity contribution in [3.63, 3.8) is 0 Å². The summed E-state index contributed by atoms with van der Waals surface area (Å²) in [6, 6.07) is 13.9. The van der Waals surface area contributed by atoms with Crippen molar-refractivity contribution in [1.82, 2.24) is 15.6 Å². The molecule has 0 aliphatic heterocycles. The smallest absolute Gasteiger partial charge is 0.270 e. The van der Waals surface area contributed by atoms with Gasteiger partial charge < -0.3 is 15.4 Å². The van der Waals surface area contributed by atoms with E-state index in [0.717, 1.165) is 36.6 Å². The normalized spacial score (nSPS) is 18.5. The highest BCUT2D eigenvalue weighted by atomic mass is 35.5. The molecule has 0 bridgehead atoms. The van der Waals surface area contributed by atoms with Crippen LogP contribution in [0, 0.1) is 5.82 Å². The van der Waals surface area contributed by atoms with Crippen LogP contribution in [0.15, 0.2) is 48.5 Å². The lowest BCUT2D eigenvalue weighted by atomic mass is 9.91. The van der Waals surface area contributed by atoms with Crippen LogP contribution in [-0.4, -0.2) is 36.1 Å². The molecule has 1 heterocycles. The number of benzene rings is 2. The maximum Gasteiger partial charge on any atom is 0.270 e. The number of nitrogens with one attached hydrogen (secondary N) is 2. The van der Waals surface area contributed by atoms with E-state index in [1.165, 1.54) is 12.1 Å². The zero-order chi connectivity index (χ0) is 22.5. The van der Waals surface area contributed by atoms with E-state index in [9.17, 15) is 9.18 Å². The average molecular weight is 476 g/mol. The molecule has 2 N–H and O–H groups in total. The Labute approximate surface area is 196 Å². The number of pyridine rings is 1. The number of fused-ring (bicyclic) bond motifs is 1. The second-order valence-corrected chi connectivity index (χ2v) is 8.78. The van der Waals surface area contributed by atoms with Gasteiger partial charge in [-0.1, -0.05) is 29.3 Å². The molecule has 1 aliphatic rings. The Morgan fingerprint density at radius 1 is 1.03 bits per heavy atom. The van der Waals surface area contributed by atoms with E-state index in [1.807, 2.05) is 18.2 Å².